The van der Waals surface area contributed by atoms with Gasteiger partial charge in [0.2, 0.25) is 0 Å². The number of carbonyl (C=O) groups excluding carboxylic acids is 2. The Hall–Kier alpha value is -1.24. The minimum Gasteiger partial charge on any atom is -0.460 e. The molecule has 0 amide bonds. The second-order valence-electron chi connectivity index (χ2n) is 11.3. The van der Waals surface area contributed by atoms with E-state index in [0.717, 1.165) is 58.0 Å². The van der Waals surface area contributed by atoms with Gasteiger partial charge in [-0.2, -0.15) is 0 Å². The molecule has 186 valence electrons. The van der Waals surface area contributed by atoms with E-state index in [4.69, 9.17) is 18.9 Å². The molecule has 4 rings (SSSR count). The van der Waals surface area contributed by atoms with Crippen molar-refractivity contribution in [1.82, 2.24) is 0 Å². The lowest BCUT2D eigenvalue weighted by molar-refractivity contribution is -0.172. The minimum atomic E-state index is -0.316. The predicted octanol–water partition coefficient (Wildman–Crippen LogP) is 4.78. The quantitative estimate of drug-likeness (QED) is 0.279. The van der Waals surface area contributed by atoms with E-state index in [1.54, 1.807) is 14.0 Å². The lowest BCUT2D eigenvalue weighted by atomic mass is 9.68. The van der Waals surface area contributed by atoms with Crippen molar-refractivity contribution in [3.63, 3.8) is 0 Å². The number of ether oxygens (including phenoxy) is 4. The molecule has 6 atom stereocenters. The maximum absolute atomic E-state index is 12.8. The van der Waals surface area contributed by atoms with Crippen LogP contribution in [-0.4, -0.2) is 55.0 Å². The van der Waals surface area contributed by atoms with Crippen LogP contribution in [0, 0.1) is 17.8 Å². The Morgan fingerprint density at radius 1 is 1.09 bits per heavy atom. The van der Waals surface area contributed by atoms with Crippen LogP contribution >= 0.6 is 0 Å². The van der Waals surface area contributed by atoms with Crippen molar-refractivity contribution in [2.24, 2.45) is 17.8 Å². The SMILES string of the molecule is CO[C@@H]1[C@H](OC(=O)CCC2CCC(C(C)=O)CC2)CC[C@]2(CO2)[C@H]1[C@@]1(C)O[C@@H]1CC=C(C)C. The maximum atomic E-state index is 12.8. The summed E-state index contributed by atoms with van der Waals surface area (Å²) < 4.78 is 24.2. The van der Waals surface area contributed by atoms with Gasteiger partial charge in [0.05, 0.1) is 18.6 Å². The van der Waals surface area contributed by atoms with Gasteiger partial charge in [-0.25, -0.2) is 0 Å². The molecule has 2 aliphatic heterocycles. The van der Waals surface area contributed by atoms with Crippen LogP contribution in [0.1, 0.15) is 85.5 Å². The van der Waals surface area contributed by atoms with E-state index < -0.39 is 0 Å². The summed E-state index contributed by atoms with van der Waals surface area (Å²) in [5.41, 5.74) is 0.774. The summed E-state index contributed by atoms with van der Waals surface area (Å²) in [5.74, 6) is 0.963. The molecule has 33 heavy (non-hydrogen) atoms. The van der Waals surface area contributed by atoms with E-state index >= 15 is 0 Å². The van der Waals surface area contributed by atoms with Crippen LogP contribution in [0.5, 0.6) is 0 Å². The molecule has 2 aliphatic carbocycles. The minimum absolute atomic E-state index is 0.0546. The normalized spacial score (nSPS) is 42.0. The molecule has 0 radical (unpaired) electrons. The van der Waals surface area contributed by atoms with Crippen molar-refractivity contribution >= 4 is 11.8 Å². The van der Waals surface area contributed by atoms with Gasteiger partial charge < -0.3 is 18.9 Å². The van der Waals surface area contributed by atoms with Crippen molar-refractivity contribution in [3.05, 3.63) is 11.6 Å². The number of Topliss-reactive ketones (excluding diaryl/α,β-unsaturated/α-hetero) is 1. The van der Waals surface area contributed by atoms with Gasteiger partial charge in [-0.1, -0.05) is 11.6 Å². The molecule has 2 saturated heterocycles. The molecule has 0 aromatic heterocycles. The van der Waals surface area contributed by atoms with E-state index in [0.29, 0.717) is 18.1 Å². The third kappa shape index (κ3) is 5.38. The Labute approximate surface area is 198 Å². The van der Waals surface area contributed by atoms with E-state index in [1.807, 2.05) is 0 Å². The van der Waals surface area contributed by atoms with Gasteiger partial charge in [0.1, 0.15) is 29.2 Å². The maximum Gasteiger partial charge on any atom is 0.306 e. The summed E-state index contributed by atoms with van der Waals surface area (Å²) in [5, 5.41) is 0. The van der Waals surface area contributed by atoms with Crippen molar-refractivity contribution in [3.8, 4) is 0 Å². The molecule has 0 bridgehead atoms. The number of carbonyl (C=O) groups is 2. The van der Waals surface area contributed by atoms with Crippen LogP contribution in [0.4, 0.5) is 0 Å². The first-order valence-electron chi connectivity index (χ1n) is 12.9. The fraction of sp³-hybridized carbons (Fsp3) is 0.852. The van der Waals surface area contributed by atoms with Gasteiger partial charge in [-0.3, -0.25) is 9.59 Å². The summed E-state index contributed by atoms with van der Waals surface area (Å²) in [4.78, 5) is 24.4. The molecular formula is C27H42O6. The van der Waals surface area contributed by atoms with Crippen molar-refractivity contribution < 1.29 is 28.5 Å². The highest BCUT2D eigenvalue weighted by Gasteiger charge is 2.72. The van der Waals surface area contributed by atoms with Crippen LogP contribution in [0.2, 0.25) is 0 Å². The van der Waals surface area contributed by atoms with Gasteiger partial charge in [0, 0.05) is 19.4 Å². The third-order valence-electron chi connectivity index (χ3n) is 8.70. The number of methoxy groups -OCH3 is 1. The van der Waals surface area contributed by atoms with E-state index in [2.05, 4.69) is 26.8 Å². The number of rotatable bonds is 9. The first-order valence-corrected chi connectivity index (χ1v) is 12.9. The topological polar surface area (TPSA) is 77.7 Å². The third-order valence-corrected chi connectivity index (χ3v) is 8.70. The molecule has 4 fully saturated rings. The summed E-state index contributed by atoms with van der Waals surface area (Å²) in [6.45, 7) is 8.80. The molecule has 1 spiro atoms. The molecule has 6 nitrogen and oxygen atoms in total. The Bertz CT molecular complexity index is 759. The number of epoxide rings is 2. The van der Waals surface area contributed by atoms with Crippen LogP contribution in [-0.2, 0) is 28.5 Å². The average Bonchev–Trinajstić information content (AvgIpc) is 3.69. The number of hydrogen-bond donors (Lipinski definition) is 0. The predicted molar refractivity (Wildman–Crippen MR) is 125 cm³/mol. The van der Waals surface area contributed by atoms with Crippen LogP contribution in [0.3, 0.4) is 0 Å². The van der Waals surface area contributed by atoms with Crippen LogP contribution < -0.4 is 0 Å². The van der Waals surface area contributed by atoms with Gasteiger partial charge in [0.25, 0.3) is 0 Å². The smallest absolute Gasteiger partial charge is 0.306 e. The summed E-state index contributed by atoms with van der Waals surface area (Å²) in [6, 6.07) is 0. The van der Waals surface area contributed by atoms with Gasteiger partial charge in [-0.15, -0.1) is 0 Å². The second-order valence-corrected chi connectivity index (χ2v) is 11.3. The zero-order valence-corrected chi connectivity index (χ0v) is 21.1. The highest BCUT2D eigenvalue weighted by molar-refractivity contribution is 5.78. The van der Waals surface area contributed by atoms with Gasteiger partial charge >= 0.3 is 5.97 Å². The molecule has 0 unspecified atom stereocenters. The van der Waals surface area contributed by atoms with Crippen molar-refractivity contribution in [1.29, 1.82) is 0 Å². The summed E-state index contributed by atoms with van der Waals surface area (Å²) >= 11 is 0. The van der Waals surface area contributed by atoms with E-state index in [9.17, 15) is 9.59 Å². The molecule has 4 aliphatic rings. The first kappa shape index (κ1) is 24.9. The summed E-state index contributed by atoms with van der Waals surface area (Å²) in [7, 11) is 1.71. The number of hydrogen-bond acceptors (Lipinski definition) is 6. The fourth-order valence-corrected chi connectivity index (χ4v) is 6.48. The largest absolute Gasteiger partial charge is 0.460 e. The molecule has 0 N–H and O–H groups in total. The molecule has 6 heteroatoms. The van der Waals surface area contributed by atoms with Crippen molar-refractivity contribution in [2.75, 3.05) is 13.7 Å². The fourth-order valence-electron chi connectivity index (χ4n) is 6.48. The van der Waals surface area contributed by atoms with Gasteiger partial charge in [-0.05, 0) is 85.0 Å². The Kier molecular flexibility index (Phi) is 7.38. The number of ketones is 1. The second kappa shape index (κ2) is 9.79. The van der Waals surface area contributed by atoms with Gasteiger partial charge in [0.15, 0.2) is 0 Å². The van der Waals surface area contributed by atoms with Crippen LogP contribution in [0.25, 0.3) is 0 Å². The molecule has 0 aromatic carbocycles. The highest BCUT2D eigenvalue weighted by Crippen LogP contribution is 2.59. The van der Waals surface area contributed by atoms with Crippen LogP contribution in [0.15, 0.2) is 11.6 Å². The average molecular weight is 463 g/mol. The lowest BCUT2D eigenvalue weighted by Gasteiger charge is -2.42. The monoisotopic (exact) mass is 462 g/mol. The molecular weight excluding hydrogens is 420 g/mol. The summed E-state index contributed by atoms with van der Waals surface area (Å²) in [6.07, 6.45) is 9.67. The standard InChI is InChI=1S/C27H42O6/c1-17(2)6-12-22-26(4,33-22)25-24(30-5)21(14-15-27(25)16-31-27)32-23(29)13-9-19-7-10-20(11-8-19)18(3)28/h6,19-22,24-25H,7-16H2,1-5H3/t19?,20?,21-,22-,24-,25-,26+,27+/m1/s1. The lowest BCUT2D eigenvalue weighted by Crippen LogP contribution is -2.55. The first-order chi connectivity index (χ1) is 15.7. The van der Waals surface area contributed by atoms with E-state index in [1.165, 1.54) is 5.57 Å². The zero-order chi connectivity index (χ0) is 23.8. The molecule has 2 saturated carbocycles. The number of allylic oxidation sites excluding steroid dienone is 1. The Morgan fingerprint density at radius 3 is 2.36 bits per heavy atom. The molecule has 2 heterocycles. The Morgan fingerprint density at radius 2 is 1.79 bits per heavy atom. The zero-order valence-electron chi connectivity index (χ0n) is 21.1. The Balaban J connectivity index is 1.32. The molecule has 0 aromatic rings. The van der Waals surface area contributed by atoms with E-state index in [-0.39, 0.29) is 47.3 Å². The van der Waals surface area contributed by atoms with Crippen molar-refractivity contribution in [2.45, 2.75) is 115 Å². The number of esters is 1. The highest BCUT2D eigenvalue weighted by atomic mass is 16.6.